The second-order valence-corrected chi connectivity index (χ2v) is 11.7. The lowest BCUT2D eigenvalue weighted by atomic mass is 10.3. The van der Waals surface area contributed by atoms with E-state index >= 15 is 0 Å². The first-order valence-corrected chi connectivity index (χ1v) is 12.3. The molecular formula is C12H24N2O2Si2. The van der Waals surface area contributed by atoms with E-state index in [2.05, 4.69) is 30.4 Å². The molecule has 0 N–H and O–H groups in total. The Labute approximate surface area is 113 Å². The average molecular weight is 285 g/mol. The van der Waals surface area contributed by atoms with E-state index in [9.17, 15) is 9.59 Å². The second-order valence-electron chi connectivity index (χ2n) is 5.40. The molecule has 0 saturated carbocycles. The summed E-state index contributed by atoms with van der Waals surface area (Å²) in [5, 5.41) is 0. The van der Waals surface area contributed by atoms with Crippen molar-refractivity contribution in [1.82, 2.24) is 9.13 Å². The highest BCUT2D eigenvalue weighted by Crippen LogP contribution is 2.12. The zero-order valence-corrected chi connectivity index (χ0v) is 14.4. The van der Waals surface area contributed by atoms with Crippen molar-refractivity contribution in [2.75, 3.05) is 13.1 Å². The third-order valence-corrected chi connectivity index (χ3v) is 10.1. The number of amides is 2. The number of carbonyl (C=O) groups excluding carboxylic acids is 2. The lowest BCUT2D eigenvalue weighted by Crippen LogP contribution is -2.44. The molecule has 0 radical (unpaired) electrons. The highest BCUT2D eigenvalue weighted by molar-refractivity contribution is 6.69. The van der Waals surface area contributed by atoms with E-state index in [1.54, 1.807) is 6.92 Å². The summed E-state index contributed by atoms with van der Waals surface area (Å²) in [4.78, 5) is 24.6. The molecule has 4 nitrogen and oxygen atoms in total. The van der Waals surface area contributed by atoms with Crippen molar-refractivity contribution in [2.45, 2.75) is 39.5 Å². The monoisotopic (exact) mass is 284 g/mol. The predicted octanol–water partition coefficient (Wildman–Crippen LogP) is 0.960. The summed E-state index contributed by atoms with van der Waals surface area (Å²) in [6, 6.07) is 0. The SMILES string of the molecule is CC1=CC(=O)N(CCCN([SiH](C)C)[SiH](C)C)C1=O. The topological polar surface area (TPSA) is 40.6 Å². The number of hydrogen-bond donors (Lipinski definition) is 0. The first-order chi connectivity index (χ1) is 8.34. The molecule has 102 valence electrons. The molecule has 0 aromatic heterocycles. The normalized spacial score (nSPS) is 16.4. The van der Waals surface area contributed by atoms with Crippen LogP contribution in [0, 0.1) is 0 Å². The van der Waals surface area contributed by atoms with E-state index < -0.39 is 17.9 Å². The van der Waals surface area contributed by atoms with Crippen LogP contribution in [0.2, 0.25) is 26.2 Å². The molecule has 0 aliphatic carbocycles. The van der Waals surface area contributed by atoms with Gasteiger partial charge in [-0.25, -0.2) is 0 Å². The number of nitrogens with zero attached hydrogens (tertiary/aromatic N) is 2. The van der Waals surface area contributed by atoms with Gasteiger partial charge in [-0.1, -0.05) is 26.2 Å². The van der Waals surface area contributed by atoms with Gasteiger partial charge in [0.1, 0.15) is 0 Å². The molecule has 0 unspecified atom stereocenters. The highest BCUT2D eigenvalue weighted by Gasteiger charge is 2.27. The summed E-state index contributed by atoms with van der Waals surface area (Å²) in [6.45, 7) is 12.6. The van der Waals surface area contributed by atoms with Gasteiger partial charge in [-0.15, -0.1) is 0 Å². The van der Waals surface area contributed by atoms with Crippen molar-refractivity contribution < 1.29 is 9.59 Å². The van der Waals surface area contributed by atoms with E-state index in [0.717, 1.165) is 13.0 Å². The van der Waals surface area contributed by atoms with Crippen LogP contribution in [0.4, 0.5) is 0 Å². The molecule has 0 aromatic rings. The highest BCUT2D eigenvalue weighted by atomic mass is 28.3. The summed E-state index contributed by atoms with van der Waals surface area (Å²) in [7, 11) is -1.52. The average Bonchev–Trinajstić information content (AvgIpc) is 2.48. The summed E-state index contributed by atoms with van der Waals surface area (Å²) in [5.74, 6) is -0.261. The molecule has 1 rings (SSSR count). The molecule has 1 aliphatic rings. The minimum atomic E-state index is -0.759. The van der Waals surface area contributed by atoms with Crippen LogP contribution in [0.15, 0.2) is 11.6 Å². The van der Waals surface area contributed by atoms with Crippen LogP contribution in [0.25, 0.3) is 0 Å². The van der Waals surface area contributed by atoms with E-state index in [1.165, 1.54) is 11.0 Å². The third kappa shape index (κ3) is 3.63. The molecular weight excluding hydrogens is 260 g/mol. The van der Waals surface area contributed by atoms with Crippen molar-refractivity contribution in [3.8, 4) is 0 Å². The van der Waals surface area contributed by atoms with Crippen LogP contribution >= 0.6 is 0 Å². The van der Waals surface area contributed by atoms with E-state index in [-0.39, 0.29) is 11.8 Å². The maximum Gasteiger partial charge on any atom is 0.256 e. The fourth-order valence-electron chi connectivity index (χ4n) is 2.37. The Morgan fingerprint density at radius 2 is 1.72 bits per heavy atom. The van der Waals surface area contributed by atoms with Crippen LogP contribution < -0.4 is 0 Å². The van der Waals surface area contributed by atoms with Gasteiger partial charge in [0.2, 0.25) is 0 Å². The first kappa shape index (κ1) is 15.3. The zero-order chi connectivity index (χ0) is 13.9. The van der Waals surface area contributed by atoms with Gasteiger partial charge in [-0.05, 0) is 19.9 Å². The Kier molecular flexibility index (Phi) is 5.49. The van der Waals surface area contributed by atoms with Crippen molar-refractivity contribution in [1.29, 1.82) is 0 Å². The van der Waals surface area contributed by atoms with Gasteiger partial charge in [0.05, 0.1) is 17.9 Å². The van der Waals surface area contributed by atoms with E-state index in [4.69, 9.17) is 0 Å². The van der Waals surface area contributed by atoms with Gasteiger partial charge in [0, 0.05) is 18.2 Å². The Morgan fingerprint density at radius 1 is 1.17 bits per heavy atom. The van der Waals surface area contributed by atoms with Gasteiger partial charge >= 0.3 is 0 Å². The van der Waals surface area contributed by atoms with Crippen molar-refractivity contribution in [3.05, 3.63) is 11.6 Å². The number of carbonyl (C=O) groups is 2. The smallest absolute Gasteiger partial charge is 0.256 e. The van der Waals surface area contributed by atoms with Crippen LogP contribution in [0.5, 0.6) is 0 Å². The molecule has 6 heteroatoms. The van der Waals surface area contributed by atoms with Crippen LogP contribution in [-0.4, -0.2) is 52.0 Å². The summed E-state index contributed by atoms with van der Waals surface area (Å²) >= 11 is 0. The van der Waals surface area contributed by atoms with Crippen LogP contribution in [0.3, 0.4) is 0 Å². The quantitative estimate of drug-likeness (QED) is 0.539. The molecule has 0 aromatic carbocycles. The van der Waals surface area contributed by atoms with Crippen LogP contribution in [0.1, 0.15) is 13.3 Å². The standard InChI is InChI=1S/C12H24N2O2Si2/c1-10-9-11(15)13(12(10)16)7-6-8-14(17(2)3)18(4)5/h9,17-18H,6-8H2,1-5H3. The van der Waals surface area contributed by atoms with Crippen molar-refractivity contribution in [3.63, 3.8) is 0 Å². The van der Waals surface area contributed by atoms with Crippen molar-refractivity contribution in [2.24, 2.45) is 0 Å². The van der Waals surface area contributed by atoms with Gasteiger partial charge in [-0.3, -0.25) is 14.5 Å². The number of imide groups is 1. The zero-order valence-electron chi connectivity index (χ0n) is 12.1. The molecule has 0 bridgehead atoms. The lowest BCUT2D eigenvalue weighted by molar-refractivity contribution is -0.137. The predicted molar refractivity (Wildman–Crippen MR) is 79.6 cm³/mol. The minimum Gasteiger partial charge on any atom is -0.350 e. The number of hydrogen-bond acceptors (Lipinski definition) is 3. The molecule has 18 heavy (non-hydrogen) atoms. The van der Waals surface area contributed by atoms with E-state index in [1.807, 2.05) is 0 Å². The molecule has 0 atom stereocenters. The summed E-state index contributed by atoms with van der Waals surface area (Å²) < 4.78 is 2.64. The van der Waals surface area contributed by atoms with Gasteiger partial charge in [-0.2, -0.15) is 0 Å². The van der Waals surface area contributed by atoms with Gasteiger partial charge < -0.3 is 4.23 Å². The van der Waals surface area contributed by atoms with E-state index in [0.29, 0.717) is 12.1 Å². The molecule has 0 saturated heterocycles. The Morgan fingerprint density at radius 3 is 2.11 bits per heavy atom. The Hall–Kier alpha value is -0.726. The molecule has 0 fully saturated rings. The third-order valence-electron chi connectivity index (χ3n) is 3.31. The van der Waals surface area contributed by atoms with Gasteiger partial charge in [0.25, 0.3) is 11.8 Å². The van der Waals surface area contributed by atoms with Crippen LogP contribution in [-0.2, 0) is 9.59 Å². The second kappa shape index (κ2) is 6.44. The first-order valence-electron chi connectivity index (χ1n) is 6.64. The van der Waals surface area contributed by atoms with Crippen molar-refractivity contribution >= 4 is 29.7 Å². The fourth-order valence-corrected chi connectivity index (χ4v) is 8.54. The summed E-state index contributed by atoms with van der Waals surface area (Å²) in [5.41, 5.74) is 0.563. The van der Waals surface area contributed by atoms with Gasteiger partial charge in [0.15, 0.2) is 0 Å². The molecule has 1 aliphatic heterocycles. The molecule has 2 amide bonds. The summed E-state index contributed by atoms with van der Waals surface area (Å²) in [6.07, 6.45) is 2.34. The number of rotatable bonds is 6. The Bertz CT molecular complexity index is 359. The lowest BCUT2D eigenvalue weighted by Gasteiger charge is -2.30. The molecule has 1 heterocycles. The fraction of sp³-hybridized carbons (Fsp3) is 0.667. The molecule has 0 spiro atoms. The maximum atomic E-state index is 11.7. The Balaban J connectivity index is 2.43. The largest absolute Gasteiger partial charge is 0.350 e. The maximum absolute atomic E-state index is 11.7. The minimum absolute atomic E-state index is 0.116.